The minimum atomic E-state index is -1.34. The summed E-state index contributed by atoms with van der Waals surface area (Å²) in [7, 11) is 0. The zero-order chi connectivity index (χ0) is 18.0. The lowest BCUT2D eigenvalue weighted by Crippen LogP contribution is -2.54. The van der Waals surface area contributed by atoms with E-state index in [2.05, 4.69) is 19.7 Å². The zero-order valence-electron chi connectivity index (χ0n) is 14.2. The Balaban J connectivity index is 2.77. The normalized spacial score (nSPS) is 16.4. The summed E-state index contributed by atoms with van der Waals surface area (Å²) in [6, 6.07) is 0. The molecular weight excluding hydrogens is 310 g/mol. The van der Waals surface area contributed by atoms with Crippen molar-refractivity contribution in [3.8, 4) is 0 Å². The van der Waals surface area contributed by atoms with Crippen molar-refractivity contribution in [1.29, 1.82) is 0 Å². The van der Waals surface area contributed by atoms with Gasteiger partial charge in [0.2, 0.25) is 0 Å². The highest BCUT2D eigenvalue weighted by Gasteiger charge is 2.44. The van der Waals surface area contributed by atoms with E-state index in [9.17, 15) is 9.59 Å². The molecular formula is C18H25NO5. The van der Waals surface area contributed by atoms with E-state index in [-0.39, 0.29) is 18.9 Å². The number of carbonyl (C=O) groups excluding carboxylic acids is 2. The van der Waals surface area contributed by atoms with Gasteiger partial charge in [-0.1, -0.05) is 18.7 Å². The first-order valence-corrected chi connectivity index (χ1v) is 7.77. The molecule has 6 nitrogen and oxygen atoms in total. The monoisotopic (exact) mass is 335 g/mol. The van der Waals surface area contributed by atoms with Crippen molar-refractivity contribution in [1.82, 2.24) is 4.90 Å². The van der Waals surface area contributed by atoms with Crippen LogP contribution in [0.3, 0.4) is 0 Å². The first-order valence-electron chi connectivity index (χ1n) is 7.77. The van der Waals surface area contributed by atoms with Gasteiger partial charge >= 0.3 is 5.97 Å². The lowest BCUT2D eigenvalue weighted by atomic mass is 10.1. The SMILES string of the molecule is C=CCN(CC=COC(=O)C(=C)C)C(=O)C1(CC=C)OCCCO1. The smallest absolute Gasteiger partial charge is 0.337 e. The Hall–Kier alpha value is -2.18. The highest BCUT2D eigenvalue weighted by atomic mass is 16.7. The van der Waals surface area contributed by atoms with Crippen molar-refractivity contribution in [3.05, 3.63) is 49.8 Å². The van der Waals surface area contributed by atoms with Crippen molar-refractivity contribution in [2.24, 2.45) is 0 Å². The summed E-state index contributed by atoms with van der Waals surface area (Å²) in [5.74, 6) is -2.17. The number of ether oxygens (including phenoxy) is 3. The average Bonchev–Trinajstić information content (AvgIpc) is 2.57. The van der Waals surface area contributed by atoms with E-state index in [4.69, 9.17) is 14.2 Å². The quantitative estimate of drug-likeness (QED) is 0.280. The van der Waals surface area contributed by atoms with Gasteiger partial charge in [-0.25, -0.2) is 4.79 Å². The molecule has 1 aliphatic rings. The maximum Gasteiger partial charge on any atom is 0.337 e. The van der Waals surface area contributed by atoms with Crippen LogP contribution >= 0.6 is 0 Å². The Morgan fingerprint density at radius 1 is 1.21 bits per heavy atom. The summed E-state index contributed by atoms with van der Waals surface area (Å²) in [5.41, 5.74) is 0.299. The van der Waals surface area contributed by atoms with Crippen LogP contribution < -0.4 is 0 Å². The Bertz CT molecular complexity index is 518. The fraction of sp³-hybridized carbons (Fsp3) is 0.444. The number of hydrogen-bond acceptors (Lipinski definition) is 5. The van der Waals surface area contributed by atoms with E-state index in [1.807, 2.05) is 0 Å². The third-order valence-electron chi connectivity index (χ3n) is 3.28. The second-order valence-corrected chi connectivity index (χ2v) is 5.35. The van der Waals surface area contributed by atoms with Crippen molar-refractivity contribution < 1.29 is 23.8 Å². The fourth-order valence-corrected chi connectivity index (χ4v) is 2.11. The second kappa shape index (κ2) is 9.85. The predicted molar refractivity (Wildman–Crippen MR) is 90.9 cm³/mol. The summed E-state index contributed by atoms with van der Waals surface area (Å²) in [5, 5.41) is 0. The Morgan fingerprint density at radius 3 is 2.42 bits per heavy atom. The lowest BCUT2D eigenvalue weighted by molar-refractivity contribution is -0.258. The average molecular weight is 335 g/mol. The van der Waals surface area contributed by atoms with Gasteiger partial charge in [-0.15, -0.1) is 13.2 Å². The minimum Gasteiger partial charge on any atom is -0.431 e. The van der Waals surface area contributed by atoms with Crippen LogP contribution in [0.5, 0.6) is 0 Å². The molecule has 6 heteroatoms. The van der Waals surface area contributed by atoms with E-state index < -0.39 is 11.8 Å². The molecule has 0 aromatic rings. The number of hydrogen-bond donors (Lipinski definition) is 0. The third-order valence-corrected chi connectivity index (χ3v) is 3.28. The second-order valence-electron chi connectivity index (χ2n) is 5.35. The zero-order valence-corrected chi connectivity index (χ0v) is 14.2. The van der Waals surface area contributed by atoms with Gasteiger partial charge in [0, 0.05) is 25.1 Å². The van der Waals surface area contributed by atoms with Gasteiger partial charge in [0.05, 0.1) is 19.5 Å². The van der Waals surface area contributed by atoms with Crippen LogP contribution in [0, 0.1) is 0 Å². The molecule has 0 saturated carbocycles. The van der Waals surface area contributed by atoms with Gasteiger partial charge in [0.15, 0.2) is 0 Å². The molecule has 1 fully saturated rings. The van der Waals surface area contributed by atoms with Gasteiger partial charge in [0.25, 0.3) is 11.7 Å². The number of rotatable bonds is 9. The van der Waals surface area contributed by atoms with Crippen LogP contribution in [-0.2, 0) is 23.8 Å². The van der Waals surface area contributed by atoms with Crippen LogP contribution in [0.1, 0.15) is 19.8 Å². The first-order chi connectivity index (χ1) is 11.5. The van der Waals surface area contributed by atoms with Gasteiger partial charge in [-0.2, -0.15) is 0 Å². The Kier molecular flexibility index (Phi) is 8.15. The van der Waals surface area contributed by atoms with Gasteiger partial charge in [0.1, 0.15) is 0 Å². The van der Waals surface area contributed by atoms with Crippen LogP contribution in [0.4, 0.5) is 0 Å². The lowest BCUT2D eigenvalue weighted by Gasteiger charge is -2.38. The molecule has 1 aliphatic heterocycles. The molecule has 24 heavy (non-hydrogen) atoms. The van der Waals surface area contributed by atoms with Gasteiger partial charge in [-0.05, 0) is 19.4 Å². The first kappa shape index (κ1) is 19.9. The molecule has 1 saturated heterocycles. The fourth-order valence-electron chi connectivity index (χ4n) is 2.11. The predicted octanol–water partition coefficient (Wildman–Crippen LogP) is 2.34. The van der Waals surface area contributed by atoms with Crippen LogP contribution in [-0.4, -0.2) is 48.9 Å². The molecule has 0 unspecified atom stereocenters. The molecule has 1 amide bonds. The van der Waals surface area contributed by atoms with Crippen LogP contribution in [0.15, 0.2) is 49.8 Å². The highest BCUT2D eigenvalue weighted by Crippen LogP contribution is 2.26. The van der Waals surface area contributed by atoms with E-state index >= 15 is 0 Å². The summed E-state index contributed by atoms with van der Waals surface area (Å²) < 4.78 is 16.1. The molecule has 0 aromatic heterocycles. The molecule has 1 rings (SSSR count). The molecule has 0 radical (unpaired) electrons. The number of nitrogens with zero attached hydrogens (tertiary/aromatic N) is 1. The van der Waals surface area contributed by atoms with E-state index in [0.29, 0.717) is 25.3 Å². The Morgan fingerprint density at radius 2 is 1.88 bits per heavy atom. The largest absolute Gasteiger partial charge is 0.431 e. The summed E-state index contributed by atoms with van der Waals surface area (Å²) >= 11 is 0. The molecule has 0 spiro atoms. The van der Waals surface area contributed by atoms with E-state index in [1.165, 1.54) is 11.2 Å². The summed E-state index contributed by atoms with van der Waals surface area (Å²) in [4.78, 5) is 25.7. The highest BCUT2D eigenvalue weighted by molar-refractivity contribution is 5.87. The molecule has 0 aromatic carbocycles. The summed E-state index contributed by atoms with van der Waals surface area (Å²) in [6.45, 7) is 13.8. The van der Waals surface area contributed by atoms with Gasteiger partial charge < -0.3 is 19.1 Å². The Labute approximate surface area is 143 Å². The molecule has 132 valence electrons. The van der Waals surface area contributed by atoms with Gasteiger partial charge in [-0.3, -0.25) is 4.79 Å². The van der Waals surface area contributed by atoms with Crippen molar-refractivity contribution in [3.63, 3.8) is 0 Å². The summed E-state index contributed by atoms with van der Waals surface area (Å²) in [6.07, 6.45) is 7.00. The third kappa shape index (κ3) is 5.47. The number of esters is 1. The minimum absolute atomic E-state index is 0.222. The maximum absolute atomic E-state index is 12.9. The van der Waals surface area contributed by atoms with Crippen molar-refractivity contribution in [2.45, 2.75) is 25.6 Å². The topological polar surface area (TPSA) is 65.1 Å². The number of amides is 1. The maximum atomic E-state index is 12.9. The molecule has 0 bridgehead atoms. The standard InChI is InChI=1S/C18H25NO5/c1-5-9-18(23-13-8-14-24-18)17(21)19(10-6-2)11-7-12-22-16(20)15(3)4/h5-7,12H,1-3,8-11,13-14H2,4H3. The van der Waals surface area contributed by atoms with Crippen molar-refractivity contribution >= 4 is 11.9 Å². The number of carbonyl (C=O) groups is 2. The molecule has 0 aliphatic carbocycles. The molecule has 1 heterocycles. The van der Waals surface area contributed by atoms with Crippen LogP contribution in [0.2, 0.25) is 0 Å². The van der Waals surface area contributed by atoms with Crippen LogP contribution in [0.25, 0.3) is 0 Å². The van der Waals surface area contributed by atoms with E-state index in [0.717, 1.165) is 6.42 Å². The van der Waals surface area contributed by atoms with E-state index in [1.54, 1.807) is 25.2 Å². The van der Waals surface area contributed by atoms with Crippen molar-refractivity contribution in [2.75, 3.05) is 26.3 Å². The molecule has 0 atom stereocenters. The molecule has 0 N–H and O–H groups in total.